The second-order valence-corrected chi connectivity index (χ2v) is 5.86. The highest BCUT2D eigenvalue weighted by Gasteiger charge is 2.48. The van der Waals surface area contributed by atoms with E-state index < -0.39 is 0 Å². The first-order valence-corrected chi connectivity index (χ1v) is 6.77. The van der Waals surface area contributed by atoms with E-state index in [4.69, 9.17) is 0 Å². The van der Waals surface area contributed by atoms with E-state index in [1.165, 1.54) is 51.4 Å². The Kier molecular flexibility index (Phi) is 2.52. The lowest BCUT2D eigenvalue weighted by Gasteiger charge is -2.49. The summed E-state index contributed by atoms with van der Waals surface area (Å²) in [6.07, 6.45) is 11.3. The first-order valence-electron chi connectivity index (χ1n) is 6.77. The van der Waals surface area contributed by atoms with Crippen molar-refractivity contribution in [3.05, 3.63) is 0 Å². The van der Waals surface area contributed by atoms with Crippen molar-refractivity contribution >= 4 is 0 Å². The van der Waals surface area contributed by atoms with Crippen molar-refractivity contribution < 1.29 is 5.11 Å². The van der Waals surface area contributed by atoms with Crippen LogP contribution in [0.25, 0.3) is 0 Å². The average Bonchev–Trinajstić information content (AvgIpc) is 3.03. The summed E-state index contributed by atoms with van der Waals surface area (Å²) in [4.78, 5) is 0. The molecular weight excluding hydrogens is 186 g/mol. The van der Waals surface area contributed by atoms with Crippen LogP contribution >= 0.6 is 0 Å². The third kappa shape index (κ3) is 1.83. The standard InChI is InChI=1S/C13H23NO/c15-13-9-2-1-4-10(13)5-3-6-12(13)14-11-7-8-11/h10-12,14-15H,1-9H2/t10-,12?,13-/m1/s1. The molecule has 0 aromatic carbocycles. The van der Waals surface area contributed by atoms with Crippen molar-refractivity contribution in [2.45, 2.75) is 75.5 Å². The topological polar surface area (TPSA) is 32.3 Å². The molecular formula is C13H23NO. The van der Waals surface area contributed by atoms with Crippen LogP contribution in [0.4, 0.5) is 0 Å². The molecule has 3 aliphatic rings. The second kappa shape index (κ2) is 3.74. The van der Waals surface area contributed by atoms with Crippen molar-refractivity contribution in [2.75, 3.05) is 0 Å². The Labute approximate surface area is 92.4 Å². The number of hydrogen-bond acceptors (Lipinski definition) is 2. The normalized spacial score (nSPS) is 46.2. The summed E-state index contributed by atoms with van der Waals surface area (Å²) >= 11 is 0. The molecule has 0 heterocycles. The van der Waals surface area contributed by atoms with Gasteiger partial charge in [0.1, 0.15) is 0 Å². The molecule has 15 heavy (non-hydrogen) atoms. The van der Waals surface area contributed by atoms with Crippen LogP contribution in [0.5, 0.6) is 0 Å². The minimum atomic E-state index is -0.348. The van der Waals surface area contributed by atoms with Crippen molar-refractivity contribution in [2.24, 2.45) is 5.92 Å². The van der Waals surface area contributed by atoms with Crippen LogP contribution in [0.1, 0.15) is 57.8 Å². The molecule has 2 N–H and O–H groups in total. The van der Waals surface area contributed by atoms with Crippen LogP contribution in [0.15, 0.2) is 0 Å². The lowest BCUT2D eigenvalue weighted by atomic mass is 9.65. The predicted molar refractivity (Wildman–Crippen MR) is 60.7 cm³/mol. The molecule has 1 unspecified atom stereocenters. The van der Waals surface area contributed by atoms with Crippen LogP contribution < -0.4 is 5.32 Å². The maximum atomic E-state index is 10.9. The quantitative estimate of drug-likeness (QED) is 0.731. The number of nitrogens with one attached hydrogen (secondary N) is 1. The molecule has 0 spiro atoms. The molecule has 3 rings (SSSR count). The van der Waals surface area contributed by atoms with E-state index in [9.17, 15) is 5.11 Å². The SMILES string of the molecule is O[C@]12CCCC[C@@H]1CCCC2NC1CC1. The fourth-order valence-electron chi connectivity index (χ4n) is 3.69. The smallest absolute Gasteiger partial charge is 0.0828 e. The fraction of sp³-hybridized carbons (Fsp3) is 1.00. The molecule has 2 heteroatoms. The highest BCUT2D eigenvalue weighted by molar-refractivity contribution is 5.04. The molecule has 3 saturated carbocycles. The van der Waals surface area contributed by atoms with Crippen LogP contribution in [0.3, 0.4) is 0 Å². The summed E-state index contributed by atoms with van der Waals surface area (Å²) in [5, 5.41) is 14.5. The monoisotopic (exact) mass is 209 g/mol. The number of hydrogen-bond donors (Lipinski definition) is 2. The first kappa shape index (κ1) is 10.1. The van der Waals surface area contributed by atoms with Gasteiger partial charge >= 0.3 is 0 Å². The predicted octanol–water partition coefficient (Wildman–Crippen LogP) is 2.21. The molecule has 2 nitrogen and oxygen atoms in total. The van der Waals surface area contributed by atoms with Crippen molar-refractivity contribution in [3.63, 3.8) is 0 Å². The maximum absolute atomic E-state index is 10.9. The molecule has 0 saturated heterocycles. The highest BCUT2D eigenvalue weighted by atomic mass is 16.3. The van der Waals surface area contributed by atoms with Gasteiger partial charge in [-0.2, -0.15) is 0 Å². The summed E-state index contributed by atoms with van der Waals surface area (Å²) in [7, 11) is 0. The van der Waals surface area contributed by atoms with Crippen LogP contribution in [0, 0.1) is 5.92 Å². The van der Waals surface area contributed by atoms with Crippen molar-refractivity contribution in [3.8, 4) is 0 Å². The third-order valence-corrected chi connectivity index (χ3v) is 4.75. The number of aliphatic hydroxyl groups is 1. The molecule has 3 fully saturated rings. The van der Waals surface area contributed by atoms with E-state index in [2.05, 4.69) is 5.32 Å². The van der Waals surface area contributed by atoms with Gasteiger partial charge in [0.25, 0.3) is 0 Å². The largest absolute Gasteiger partial charge is 0.388 e. The van der Waals surface area contributed by atoms with Crippen LogP contribution in [0.2, 0.25) is 0 Å². The molecule has 0 aromatic heterocycles. The summed E-state index contributed by atoms with van der Waals surface area (Å²) in [5.41, 5.74) is -0.348. The van der Waals surface area contributed by atoms with E-state index in [0.717, 1.165) is 12.5 Å². The lowest BCUT2D eigenvalue weighted by Crippen LogP contribution is -2.59. The second-order valence-electron chi connectivity index (χ2n) is 5.86. The van der Waals surface area contributed by atoms with Gasteiger partial charge in [0.15, 0.2) is 0 Å². The highest BCUT2D eigenvalue weighted by Crippen LogP contribution is 2.44. The maximum Gasteiger partial charge on any atom is 0.0828 e. The molecule has 3 aliphatic carbocycles. The molecule has 0 amide bonds. The zero-order valence-electron chi connectivity index (χ0n) is 9.54. The summed E-state index contributed by atoms with van der Waals surface area (Å²) < 4.78 is 0. The fourth-order valence-corrected chi connectivity index (χ4v) is 3.69. The Bertz CT molecular complexity index is 237. The molecule has 3 atom stereocenters. The summed E-state index contributed by atoms with van der Waals surface area (Å²) in [6.45, 7) is 0. The molecule has 86 valence electrons. The van der Waals surface area contributed by atoms with Gasteiger partial charge < -0.3 is 10.4 Å². The van der Waals surface area contributed by atoms with Gasteiger partial charge in [-0.25, -0.2) is 0 Å². The van der Waals surface area contributed by atoms with Gasteiger partial charge in [-0.05, 0) is 44.4 Å². The first-order chi connectivity index (χ1) is 7.29. The Morgan fingerprint density at radius 1 is 0.933 bits per heavy atom. The number of rotatable bonds is 2. The Hall–Kier alpha value is -0.0800. The van der Waals surface area contributed by atoms with Crippen molar-refractivity contribution in [1.29, 1.82) is 0 Å². The van der Waals surface area contributed by atoms with E-state index in [0.29, 0.717) is 12.0 Å². The lowest BCUT2D eigenvalue weighted by molar-refractivity contribution is -0.0989. The zero-order valence-corrected chi connectivity index (χ0v) is 9.54. The van der Waals surface area contributed by atoms with Gasteiger partial charge in [-0.1, -0.05) is 19.3 Å². The minimum Gasteiger partial charge on any atom is -0.388 e. The Morgan fingerprint density at radius 2 is 1.73 bits per heavy atom. The van der Waals surface area contributed by atoms with Crippen molar-refractivity contribution in [1.82, 2.24) is 5.32 Å². The average molecular weight is 209 g/mol. The van der Waals surface area contributed by atoms with E-state index in [1.807, 2.05) is 0 Å². The Balaban J connectivity index is 1.73. The van der Waals surface area contributed by atoms with E-state index in [1.54, 1.807) is 0 Å². The number of fused-ring (bicyclic) bond motifs is 1. The molecule has 0 bridgehead atoms. The molecule has 0 aliphatic heterocycles. The van der Waals surface area contributed by atoms with Gasteiger partial charge in [0.2, 0.25) is 0 Å². The van der Waals surface area contributed by atoms with Gasteiger partial charge in [0.05, 0.1) is 5.60 Å². The summed E-state index contributed by atoms with van der Waals surface area (Å²) in [6, 6.07) is 1.14. The Morgan fingerprint density at radius 3 is 2.53 bits per heavy atom. The van der Waals surface area contributed by atoms with Gasteiger partial charge in [-0.15, -0.1) is 0 Å². The molecule has 0 radical (unpaired) electrons. The van der Waals surface area contributed by atoms with E-state index in [-0.39, 0.29) is 5.60 Å². The van der Waals surface area contributed by atoms with Gasteiger partial charge in [-0.3, -0.25) is 0 Å². The molecule has 0 aromatic rings. The van der Waals surface area contributed by atoms with E-state index >= 15 is 0 Å². The zero-order chi connectivity index (χ0) is 10.3. The van der Waals surface area contributed by atoms with Gasteiger partial charge in [0, 0.05) is 12.1 Å². The minimum absolute atomic E-state index is 0.348. The summed E-state index contributed by atoms with van der Waals surface area (Å²) in [5.74, 6) is 0.594. The van der Waals surface area contributed by atoms with Crippen LogP contribution in [-0.2, 0) is 0 Å². The third-order valence-electron chi connectivity index (χ3n) is 4.75. The van der Waals surface area contributed by atoms with Crippen LogP contribution in [-0.4, -0.2) is 22.8 Å².